The highest BCUT2D eigenvalue weighted by Crippen LogP contribution is 2.29. The van der Waals surface area contributed by atoms with E-state index in [1.54, 1.807) is 0 Å². The summed E-state index contributed by atoms with van der Waals surface area (Å²) >= 11 is 0. The van der Waals surface area contributed by atoms with Gasteiger partial charge in [-0.2, -0.15) is 5.26 Å². The minimum atomic E-state index is 0.689. The Morgan fingerprint density at radius 3 is 2.44 bits per heavy atom. The molecule has 0 amide bonds. The number of hydrogen-bond donors (Lipinski definition) is 0. The van der Waals surface area contributed by atoms with E-state index in [4.69, 9.17) is 0 Å². The molecule has 2 unspecified atom stereocenters. The molecule has 1 fully saturated rings. The maximum Gasteiger partial charge on any atom is 0.103 e. The number of aryl methyl sites for hydroxylation is 2. The lowest BCUT2D eigenvalue weighted by Crippen LogP contribution is -2.39. The zero-order valence-corrected chi connectivity index (χ0v) is 11.7. The van der Waals surface area contributed by atoms with Crippen LogP contribution in [0.3, 0.4) is 0 Å². The lowest BCUT2D eigenvalue weighted by molar-refractivity contribution is 0.356. The van der Waals surface area contributed by atoms with E-state index >= 15 is 0 Å². The van der Waals surface area contributed by atoms with Crippen LogP contribution < -0.4 is 4.90 Å². The van der Waals surface area contributed by atoms with Crippen molar-refractivity contribution >= 4 is 5.69 Å². The Balaban J connectivity index is 2.41. The maximum absolute atomic E-state index is 9.34. The molecule has 3 heteroatoms. The summed E-state index contributed by atoms with van der Waals surface area (Å²) in [7, 11) is 0. The number of piperidine rings is 1. The molecule has 1 saturated heterocycles. The third-order valence-electron chi connectivity index (χ3n) is 3.63. The molecule has 1 aromatic heterocycles. The summed E-state index contributed by atoms with van der Waals surface area (Å²) in [6.07, 6.45) is 1.28. The number of nitriles is 1. The van der Waals surface area contributed by atoms with E-state index in [2.05, 4.69) is 35.9 Å². The molecule has 0 aliphatic carbocycles. The van der Waals surface area contributed by atoms with Crippen LogP contribution >= 0.6 is 0 Å². The Labute approximate surface area is 109 Å². The van der Waals surface area contributed by atoms with Crippen LogP contribution in [0.25, 0.3) is 0 Å². The molecule has 0 bridgehead atoms. The Morgan fingerprint density at radius 2 is 1.89 bits per heavy atom. The van der Waals surface area contributed by atoms with Gasteiger partial charge in [0.05, 0.1) is 16.9 Å². The molecule has 2 atom stereocenters. The summed E-state index contributed by atoms with van der Waals surface area (Å²) in [5.74, 6) is 1.38. The molecule has 0 saturated carbocycles. The van der Waals surface area contributed by atoms with Gasteiger partial charge in [0, 0.05) is 18.8 Å². The SMILES string of the molecule is Cc1cc(N2CC(C)CC(C)C2)c(C#N)c(C)n1. The Bertz CT molecular complexity index is 477. The normalized spacial score (nSPS) is 23.8. The first-order chi connectivity index (χ1) is 8.51. The highest BCUT2D eigenvalue weighted by atomic mass is 15.1. The van der Waals surface area contributed by atoms with E-state index in [0.717, 1.165) is 35.7 Å². The smallest absolute Gasteiger partial charge is 0.103 e. The zero-order valence-electron chi connectivity index (χ0n) is 11.7. The van der Waals surface area contributed by atoms with E-state index in [-0.39, 0.29) is 0 Å². The van der Waals surface area contributed by atoms with E-state index in [0.29, 0.717) is 11.8 Å². The van der Waals surface area contributed by atoms with Crippen molar-refractivity contribution in [3.63, 3.8) is 0 Å². The van der Waals surface area contributed by atoms with Crippen LogP contribution in [0.1, 0.15) is 37.2 Å². The quantitative estimate of drug-likeness (QED) is 0.761. The number of pyridine rings is 1. The van der Waals surface area contributed by atoms with Gasteiger partial charge in [-0.05, 0) is 38.2 Å². The van der Waals surface area contributed by atoms with Crippen LogP contribution in [0.4, 0.5) is 5.69 Å². The van der Waals surface area contributed by atoms with Gasteiger partial charge in [0.15, 0.2) is 0 Å². The monoisotopic (exact) mass is 243 g/mol. The molecule has 1 aliphatic rings. The predicted molar refractivity (Wildman–Crippen MR) is 73.6 cm³/mol. The second kappa shape index (κ2) is 4.97. The van der Waals surface area contributed by atoms with Gasteiger partial charge in [0.25, 0.3) is 0 Å². The lowest BCUT2D eigenvalue weighted by atomic mass is 9.91. The first-order valence-corrected chi connectivity index (χ1v) is 6.64. The summed E-state index contributed by atoms with van der Waals surface area (Å²) in [4.78, 5) is 6.75. The molecule has 1 aromatic rings. The van der Waals surface area contributed by atoms with Crippen molar-refractivity contribution in [1.29, 1.82) is 5.26 Å². The molecule has 0 N–H and O–H groups in total. The van der Waals surface area contributed by atoms with Gasteiger partial charge >= 0.3 is 0 Å². The third kappa shape index (κ3) is 2.48. The summed E-state index contributed by atoms with van der Waals surface area (Å²) in [5, 5.41) is 9.34. The number of hydrogen-bond acceptors (Lipinski definition) is 3. The van der Waals surface area contributed by atoms with Crippen molar-refractivity contribution in [1.82, 2.24) is 4.98 Å². The maximum atomic E-state index is 9.34. The second-order valence-corrected chi connectivity index (χ2v) is 5.71. The fourth-order valence-electron chi connectivity index (χ4n) is 3.06. The molecule has 2 rings (SSSR count). The predicted octanol–water partition coefficient (Wildman–Crippen LogP) is 3.05. The fourth-order valence-corrected chi connectivity index (χ4v) is 3.06. The van der Waals surface area contributed by atoms with Gasteiger partial charge in [-0.1, -0.05) is 13.8 Å². The molecule has 0 radical (unpaired) electrons. The molecule has 96 valence electrons. The molecule has 0 spiro atoms. The van der Waals surface area contributed by atoms with E-state index in [1.165, 1.54) is 6.42 Å². The van der Waals surface area contributed by atoms with Gasteiger partial charge in [-0.3, -0.25) is 4.98 Å². The summed E-state index contributed by atoms with van der Waals surface area (Å²) in [5.41, 5.74) is 3.65. The highest BCUT2D eigenvalue weighted by molar-refractivity contribution is 5.61. The largest absolute Gasteiger partial charge is 0.370 e. The average molecular weight is 243 g/mol. The summed E-state index contributed by atoms with van der Waals surface area (Å²) in [6, 6.07) is 4.37. The molecule has 2 heterocycles. The van der Waals surface area contributed by atoms with Crippen LogP contribution in [0, 0.1) is 37.0 Å². The Morgan fingerprint density at radius 1 is 1.28 bits per heavy atom. The van der Waals surface area contributed by atoms with Crippen molar-refractivity contribution in [3.05, 3.63) is 23.0 Å². The van der Waals surface area contributed by atoms with Crippen molar-refractivity contribution in [2.45, 2.75) is 34.1 Å². The van der Waals surface area contributed by atoms with Gasteiger partial charge in [-0.15, -0.1) is 0 Å². The molecule has 3 nitrogen and oxygen atoms in total. The summed E-state index contributed by atoms with van der Waals surface area (Å²) < 4.78 is 0. The van der Waals surface area contributed by atoms with Crippen LogP contribution in [-0.4, -0.2) is 18.1 Å². The van der Waals surface area contributed by atoms with Crippen LogP contribution in [-0.2, 0) is 0 Å². The van der Waals surface area contributed by atoms with Gasteiger partial charge in [-0.25, -0.2) is 0 Å². The molecule has 18 heavy (non-hydrogen) atoms. The van der Waals surface area contributed by atoms with Crippen molar-refractivity contribution < 1.29 is 0 Å². The minimum absolute atomic E-state index is 0.689. The number of rotatable bonds is 1. The molecule has 0 aromatic carbocycles. The number of aromatic nitrogens is 1. The van der Waals surface area contributed by atoms with Crippen LogP contribution in [0.5, 0.6) is 0 Å². The average Bonchev–Trinajstić information content (AvgIpc) is 2.26. The number of nitrogens with zero attached hydrogens (tertiary/aromatic N) is 3. The molecular formula is C15H21N3. The highest BCUT2D eigenvalue weighted by Gasteiger charge is 2.24. The van der Waals surface area contributed by atoms with E-state index < -0.39 is 0 Å². The van der Waals surface area contributed by atoms with Crippen LogP contribution in [0.2, 0.25) is 0 Å². The lowest BCUT2D eigenvalue weighted by Gasteiger charge is -2.37. The first kappa shape index (κ1) is 12.9. The van der Waals surface area contributed by atoms with Gasteiger partial charge in [0.2, 0.25) is 0 Å². The van der Waals surface area contributed by atoms with Crippen molar-refractivity contribution in [2.75, 3.05) is 18.0 Å². The van der Waals surface area contributed by atoms with Gasteiger partial charge < -0.3 is 4.90 Å². The Kier molecular flexibility index (Phi) is 3.56. The topological polar surface area (TPSA) is 39.9 Å². The van der Waals surface area contributed by atoms with Gasteiger partial charge in [0.1, 0.15) is 6.07 Å². The van der Waals surface area contributed by atoms with E-state index in [9.17, 15) is 5.26 Å². The molecule has 1 aliphatic heterocycles. The number of anilines is 1. The van der Waals surface area contributed by atoms with Crippen molar-refractivity contribution in [3.8, 4) is 6.07 Å². The van der Waals surface area contributed by atoms with Crippen LogP contribution in [0.15, 0.2) is 6.07 Å². The molecular weight excluding hydrogens is 222 g/mol. The zero-order chi connectivity index (χ0) is 13.3. The van der Waals surface area contributed by atoms with E-state index in [1.807, 2.05) is 13.8 Å². The summed E-state index contributed by atoms with van der Waals surface area (Å²) in [6.45, 7) is 10.6. The minimum Gasteiger partial charge on any atom is -0.370 e. The standard InChI is InChI=1S/C15H21N3/c1-10-5-11(2)9-18(8-10)15-6-12(3)17-13(4)14(15)7-16/h6,10-11H,5,8-9H2,1-4H3. The fraction of sp³-hybridized carbons (Fsp3) is 0.600. The van der Waals surface area contributed by atoms with Crippen molar-refractivity contribution in [2.24, 2.45) is 11.8 Å². The second-order valence-electron chi connectivity index (χ2n) is 5.71. The Hall–Kier alpha value is -1.56. The third-order valence-corrected chi connectivity index (χ3v) is 3.63. The first-order valence-electron chi connectivity index (χ1n) is 6.64.